The lowest BCUT2D eigenvalue weighted by Gasteiger charge is -1.98. The molecule has 0 bridgehead atoms. The quantitative estimate of drug-likeness (QED) is 0.268. The number of benzene rings is 1. The molecule has 0 aliphatic heterocycles. The van der Waals surface area contributed by atoms with E-state index in [0.29, 0.717) is 5.75 Å². The summed E-state index contributed by atoms with van der Waals surface area (Å²) in [5, 5.41) is 11.1. The maximum Gasteiger partial charge on any atom is 0.149 e. The van der Waals surface area contributed by atoms with Gasteiger partial charge < -0.3 is 10.9 Å². The van der Waals surface area contributed by atoms with Crippen molar-refractivity contribution in [1.29, 1.82) is 0 Å². The molecule has 3 nitrogen and oxygen atoms in total. The molecule has 5 heteroatoms. The molecule has 72 valence electrons. The minimum Gasteiger partial charge on any atom is -0.409 e. The van der Waals surface area contributed by atoms with Crippen LogP contribution in [0.1, 0.15) is 0 Å². The Kier molecular flexibility index (Phi) is 6.18. The Bertz CT molecular complexity index is 266. The standard InChI is InChI=1S/C8H10N2OS.ClH/c9-8(10-11)6-12-7-4-2-1-3-5-7;/h1-5,11H,6H2,(H2,9,10);1H. The first-order valence-electron chi connectivity index (χ1n) is 3.47. The van der Waals surface area contributed by atoms with Crippen molar-refractivity contribution in [1.82, 2.24) is 0 Å². The van der Waals surface area contributed by atoms with Crippen LogP contribution in [-0.4, -0.2) is 16.8 Å². The van der Waals surface area contributed by atoms with Gasteiger partial charge in [0.1, 0.15) is 5.84 Å². The molecule has 0 saturated heterocycles. The number of nitrogens with two attached hydrogens (primary N) is 1. The molecule has 0 heterocycles. The summed E-state index contributed by atoms with van der Waals surface area (Å²) in [4.78, 5) is 1.11. The van der Waals surface area contributed by atoms with Crippen LogP contribution in [0.25, 0.3) is 0 Å². The predicted molar refractivity (Wildman–Crippen MR) is 57.8 cm³/mol. The largest absolute Gasteiger partial charge is 0.409 e. The number of hydrogen-bond donors (Lipinski definition) is 2. The molecule has 0 unspecified atom stereocenters. The van der Waals surface area contributed by atoms with Gasteiger partial charge in [0.25, 0.3) is 0 Å². The topological polar surface area (TPSA) is 58.6 Å². The first-order chi connectivity index (χ1) is 5.83. The van der Waals surface area contributed by atoms with Crippen LogP contribution in [0.4, 0.5) is 0 Å². The number of hydrogen-bond acceptors (Lipinski definition) is 3. The zero-order chi connectivity index (χ0) is 8.81. The van der Waals surface area contributed by atoms with Gasteiger partial charge >= 0.3 is 0 Å². The van der Waals surface area contributed by atoms with Crippen LogP contribution in [0.3, 0.4) is 0 Å². The SMILES string of the molecule is Cl.N/C(CSc1ccccc1)=N/O. The third-order valence-electron chi connectivity index (χ3n) is 1.26. The lowest BCUT2D eigenvalue weighted by molar-refractivity contribution is 0.318. The molecule has 0 aliphatic carbocycles. The second-order valence-electron chi connectivity index (χ2n) is 2.19. The highest BCUT2D eigenvalue weighted by atomic mass is 35.5. The molecule has 0 atom stereocenters. The molecule has 0 radical (unpaired) electrons. The fourth-order valence-electron chi connectivity index (χ4n) is 0.703. The van der Waals surface area contributed by atoms with Crippen LogP contribution in [-0.2, 0) is 0 Å². The smallest absolute Gasteiger partial charge is 0.149 e. The highest BCUT2D eigenvalue weighted by Gasteiger charge is 1.94. The molecule has 0 saturated carbocycles. The van der Waals surface area contributed by atoms with Gasteiger partial charge in [-0.05, 0) is 12.1 Å². The highest BCUT2D eigenvalue weighted by molar-refractivity contribution is 8.00. The molecular formula is C8H11ClN2OS. The average molecular weight is 219 g/mol. The lowest BCUT2D eigenvalue weighted by Crippen LogP contribution is -2.13. The Hall–Kier alpha value is -0.870. The van der Waals surface area contributed by atoms with Gasteiger partial charge in [-0.2, -0.15) is 0 Å². The van der Waals surface area contributed by atoms with Gasteiger partial charge in [0.2, 0.25) is 0 Å². The number of nitrogens with zero attached hydrogens (tertiary/aromatic N) is 1. The zero-order valence-corrected chi connectivity index (χ0v) is 8.52. The van der Waals surface area contributed by atoms with Gasteiger partial charge in [-0.1, -0.05) is 23.4 Å². The van der Waals surface area contributed by atoms with Gasteiger partial charge in [0, 0.05) is 4.90 Å². The van der Waals surface area contributed by atoms with Gasteiger partial charge in [-0.25, -0.2) is 0 Å². The summed E-state index contributed by atoms with van der Waals surface area (Å²) >= 11 is 1.54. The number of oxime groups is 1. The normalized spacial score (nSPS) is 10.6. The second kappa shape index (κ2) is 6.62. The maximum atomic E-state index is 8.26. The van der Waals surface area contributed by atoms with E-state index in [0.717, 1.165) is 4.90 Å². The Labute approximate surface area is 87.4 Å². The van der Waals surface area contributed by atoms with E-state index in [1.807, 2.05) is 30.3 Å². The van der Waals surface area contributed by atoms with E-state index in [1.165, 1.54) is 11.8 Å². The molecular weight excluding hydrogens is 208 g/mol. The summed E-state index contributed by atoms with van der Waals surface area (Å²) in [6.45, 7) is 0. The lowest BCUT2D eigenvalue weighted by atomic mass is 10.4. The third kappa shape index (κ3) is 4.65. The summed E-state index contributed by atoms with van der Waals surface area (Å²) in [7, 11) is 0. The number of amidine groups is 1. The van der Waals surface area contributed by atoms with E-state index >= 15 is 0 Å². The second-order valence-corrected chi connectivity index (χ2v) is 3.24. The van der Waals surface area contributed by atoms with Crippen molar-refractivity contribution in [2.75, 3.05) is 5.75 Å². The zero-order valence-electron chi connectivity index (χ0n) is 6.88. The van der Waals surface area contributed by atoms with E-state index in [4.69, 9.17) is 10.9 Å². The minimum absolute atomic E-state index is 0. The molecule has 0 amide bonds. The van der Waals surface area contributed by atoms with Crippen LogP contribution < -0.4 is 5.73 Å². The molecule has 1 aromatic carbocycles. The summed E-state index contributed by atoms with van der Waals surface area (Å²) in [6, 6.07) is 9.82. The Morgan fingerprint density at radius 2 is 2.00 bits per heavy atom. The Morgan fingerprint density at radius 3 is 2.54 bits per heavy atom. The molecule has 0 fully saturated rings. The third-order valence-corrected chi connectivity index (χ3v) is 2.30. The Morgan fingerprint density at radius 1 is 1.38 bits per heavy atom. The van der Waals surface area contributed by atoms with Crippen LogP contribution in [0.2, 0.25) is 0 Å². The molecule has 0 aromatic heterocycles. The van der Waals surface area contributed by atoms with Crippen molar-refractivity contribution >= 4 is 30.0 Å². The first kappa shape index (κ1) is 12.1. The predicted octanol–water partition coefficient (Wildman–Crippen LogP) is 1.95. The van der Waals surface area contributed by atoms with E-state index in [2.05, 4.69) is 5.16 Å². The number of thioether (sulfide) groups is 1. The molecule has 1 aromatic rings. The van der Waals surface area contributed by atoms with Crippen molar-refractivity contribution in [2.24, 2.45) is 10.9 Å². The number of halogens is 1. The molecule has 1 rings (SSSR count). The van der Waals surface area contributed by atoms with Gasteiger partial charge in [0.05, 0.1) is 5.75 Å². The van der Waals surface area contributed by atoms with Crippen molar-refractivity contribution in [3.8, 4) is 0 Å². The minimum atomic E-state index is 0. The van der Waals surface area contributed by atoms with Gasteiger partial charge in [-0.3, -0.25) is 0 Å². The maximum absolute atomic E-state index is 8.26. The van der Waals surface area contributed by atoms with E-state index < -0.39 is 0 Å². The Balaban J connectivity index is 0.00000144. The van der Waals surface area contributed by atoms with Crippen molar-refractivity contribution in [2.45, 2.75) is 4.90 Å². The van der Waals surface area contributed by atoms with E-state index in [-0.39, 0.29) is 18.2 Å². The van der Waals surface area contributed by atoms with Crippen molar-refractivity contribution in [3.05, 3.63) is 30.3 Å². The number of rotatable bonds is 3. The average Bonchev–Trinajstić information content (AvgIpc) is 2.16. The summed E-state index contributed by atoms with van der Waals surface area (Å²) < 4.78 is 0. The van der Waals surface area contributed by atoms with Gasteiger partial charge in [-0.15, -0.1) is 24.2 Å². The van der Waals surface area contributed by atoms with E-state index in [9.17, 15) is 0 Å². The summed E-state index contributed by atoms with van der Waals surface area (Å²) in [5.41, 5.74) is 5.30. The van der Waals surface area contributed by atoms with Crippen molar-refractivity contribution in [3.63, 3.8) is 0 Å². The fourth-order valence-corrected chi connectivity index (χ4v) is 1.42. The summed E-state index contributed by atoms with van der Waals surface area (Å²) in [5.74, 6) is 0.754. The molecule has 3 N–H and O–H groups in total. The molecule has 0 spiro atoms. The van der Waals surface area contributed by atoms with Crippen LogP contribution >= 0.6 is 24.2 Å². The monoisotopic (exact) mass is 218 g/mol. The highest BCUT2D eigenvalue weighted by Crippen LogP contribution is 2.15. The van der Waals surface area contributed by atoms with Crippen LogP contribution in [0, 0.1) is 0 Å². The van der Waals surface area contributed by atoms with Crippen LogP contribution in [0.15, 0.2) is 40.4 Å². The van der Waals surface area contributed by atoms with Gasteiger partial charge in [0.15, 0.2) is 0 Å². The van der Waals surface area contributed by atoms with Crippen molar-refractivity contribution < 1.29 is 5.21 Å². The fraction of sp³-hybridized carbons (Fsp3) is 0.125. The van der Waals surface area contributed by atoms with E-state index in [1.54, 1.807) is 0 Å². The molecule has 0 aliphatic rings. The first-order valence-corrected chi connectivity index (χ1v) is 4.45. The van der Waals surface area contributed by atoms with Crippen LogP contribution in [0.5, 0.6) is 0 Å². The molecule has 13 heavy (non-hydrogen) atoms. The summed E-state index contributed by atoms with van der Waals surface area (Å²) in [6.07, 6.45) is 0.